The average Bonchev–Trinajstić information content (AvgIpc) is 2.60. The Balaban J connectivity index is 2.05. The zero-order valence-corrected chi connectivity index (χ0v) is 10.8. The largest absolute Gasteiger partial charge is 0.123 e. The fourth-order valence-electron chi connectivity index (χ4n) is 2.49. The van der Waals surface area contributed by atoms with E-state index in [1.165, 1.54) is 29.5 Å². The van der Waals surface area contributed by atoms with Crippen LogP contribution in [-0.2, 0) is 0 Å². The van der Waals surface area contributed by atoms with Crippen molar-refractivity contribution in [3.8, 4) is 0 Å². The van der Waals surface area contributed by atoms with Crippen molar-refractivity contribution in [2.24, 2.45) is 5.92 Å². The molecule has 1 aromatic rings. The molecule has 1 aliphatic rings. The molecule has 0 amide bonds. The van der Waals surface area contributed by atoms with Crippen molar-refractivity contribution in [2.45, 2.75) is 38.5 Å². The van der Waals surface area contributed by atoms with Gasteiger partial charge in [0.1, 0.15) is 0 Å². The van der Waals surface area contributed by atoms with Crippen LogP contribution in [0.15, 0.2) is 24.3 Å². The Kier molecular flexibility index (Phi) is 3.70. The maximum atomic E-state index is 6.11. The Morgan fingerprint density at radius 2 is 1.81 bits per heavy atom. The molecule has 0 N–H and O–H groups in total. The van der Waals surface area contributed by atoms with Crippen LogP contribution < -0.4 is 0 Å². The molecule has 0 aliphatic heterocycles. The van der Waals surface area contributed by atoms with Crippen LogP contribution in [0.2, 0.25) is 0 Å². The van der Waals surface area contributed by atoms with Crippen molar-refractivity contribution in [2.75, 3.05) is 0 Å². The first-order chi connectivity index (χ1) is 7.63. The molecule has 1 aromatic carbocycles. The van der Waals surface area contributed by atoms with Gasteiger partial charge < -0.3 is 0 Å². The van der Waals surface area contributed by atoms with Crippen LogP contribution in [0.3, 0.4) is 0 Å². The van der Waals surface area contributed by atoms with Gasteiger partial charge in [0, 0.05) is 5.38 Å². The van der Waals surface area contributed by atoms with Gasteiger partial charge in [-0.25, -0.2) is 0 Å². The number of hydrogen-bond acceptors (Lipinski definition) is 0. The normalized spacial score (nSPS) is 25.4. The van der Waals surface area contributed by atoms with E-state index in [1.54, 1.807) is 0 Å². The first kappa shape index (κ1) is 11.7. The van der Waals surface area contributed by atoms with Crippen LogP contribution in [0, 0.1) is 19.8 Å². The van der Waals surface area contributed by atoms with Gasteiger partial charge in [0.2, 0.25) is 0 Å². The first-order valence-electron chi connectivity index (χ1n) is 6.04. The van der Waals surface area contributed by atoms with Gasteiger partial charge in [0.05, 0.1) is 0 Å². The van der Waals surface area contributed by atoms with Crippen molar-refractivity contribution >= 4 is 17.7 Å². The Morgan fingerprint density at radius 3 is 2.38 bits per heavy atom. The third kappa shape index (κ3) is 3.12. The molecule has 1 aliphatic carbocycles. The van der Waals surface area contributed by atoms with Gasteiger partial charge in [-0.1, -0.05) is 41.5 Å². The maximum absolute atomic E-state index is 6.11. The van der Waals surface area contributed by atoms with Crippen LogP contribution in [0.25, 0.3) is 6.08 Å². The third-order valence-corrected chi connectivity index (χ3v) is 3.61. The summed E-state index contributed by atoms with van der Waals surface area (Å²) in [5, 5.41) is 0.397. The van der Waals surface area contributed by atoms with Gasteiger partial charge in [-0.3, -0.25) is 0 Å². The lowest BCUT2D eigenvalue weighted by atomic mass is 10.0. The van der Waals surface area contributed by atoms with Crippen LogP contribution in [-0.4, -0.2) is 5.38 Å². The summed E-state index contributed by atoms with van der Waals surface area (Å²) in [6, 6.07) is 6.68. The van der Waals surface area contributed by atoms with Crippen molar-refractivity contribution in [3.63, 3.8) is 0 Å². The van der Waals surface area contributed by atoms with Crippen LogP contribution in [0.1, 0.15) is 36.0 Å². The van der Waals surface area contributed by atoms with E-state index in [9.17, 15) is 0 Å². The Labute approximate surface area is 103 Å². The summed E-state index contributed by atoms with van der Waals surface area (Å²) in [4.78, 5) is 0. The summed E-state index contributed by atoms with van der Waals surface area (Å²) in [7, 11) is 0. The zero-order chi connectivity index (χ0) is 11.5. The lowest BCUT2D eigenvalue weighted by molar-refractivity contribution is 0.690. The van der Waals surface area contributed by atoms with E-state index in [4.69, 9.17) is 11.6 Å². The fraction of sp³-hybridized carbons (Fsp3) is 0.467. The molecule has 0 nitrogen and oxygen atoms in total. The summed E-state index contributed by atoms with van der Waals surface area (Å²) in [5.74, 6) is 0.684. The SMILES string of the molecule is Cc1cc(C)cc(/C=C/[C@H]2CC[C@@H](Cl)C2)c1. The number of rotatable bonds is 2. The quantitative estimate of drug-likeness (QED) is 0.650. The summed E-state index contributed by atoms with van der Waals surface area (Å²) in [6.07, 6.45) is 8.14. The Morgan fingerprint density at radius 1 is 1.12 bits per heavy atom. The van der Waals surface area contributed by atoms with Crippen molar-refractivity contribution in [3.05, 3.63) is 41.0 Å². The highest BCUT2D eigenvalue weighted by atomic mass is 35.5. The lowest BCUT2D eigenvalue weighted by Crippen LogP contribution is -1.90. The average molecular weight is 235 g/mol. The third-order valence-electron chi connectivity index (χ3n) is 3.21. The van der Waals surface area contributed by atoms with Crippen molar-refractivity contribution in [1.82, 2.24) is 0 Å². The van der Waals surface area contributed by atoms with Crippen LogP contribution in [0.5, 0.6) is 0 Å². The monoisotopic (exact) mass is 234 g/mol. The summed E-state index contributed by atoms with van der Waals surface area (Å²) in [5.41, 5.74) is 3.98. The van der Waals surface area contributed by atoms with Crippen LogP contribution in [0.4, 0.5) is 0 Å². The minimum atomic E-state index is 0.397. The number of alkyl halides is 1. The molecule has 0 spiro atoms. The van der Waals surface area contributed by atoms with Gasteiger partial charge in [-0.2, -0.15) is 0 Å². The highest BCUT2D eigenvalue weighted by molar-refractivity contribution is 6.20. The predicted molar refractivity (Wildman–Crippen MR) is 71.9 cm³/mol. The number of halogens is 1. The molecule has 0 bridgehead atoms. The number of allylic oxidation sites excluding steroid dienone is 1. The van der Waals surface area contributed by atoms with Crippen molar-refractivity contribution < 1.29 is 0 Å². The number of benzene rings is 1. The number of aryl methyl sites for hydroxylation is 2. The van der Waals surface area contributed by atoms with E-state index in [2.05, 4.69) is 44.2 Å². The van der Waals surface area contributed by atoms with Gasteiger partial charge in [0.15, 0.2) is 0 Å². The first-order valence-corrected chi connectivity index (χ1v) is 6.48. The smallest absolute Gasteiger partial charge is 0.0341 e. The molecule has 1 heteroatoms. The van der Waals surface area contributed by atoms with Gasteiger partial charge in [-0.05, 0) is 44.6 Å². The molecule has 1 saturated carbocycles. The van der Waals surface area contributed by atoms with E-state index < -0.39 is 0 Å². The van der Waals surface area contributed by atoms with Gasteiger partial charge in [-0.15, -0.1) is 11.6 Å². The Bertz CT molecular complexity index is 372. The molecule has 16 heavy (non-hydrogen) atoms. The second-order valence-corrected chi connectivity index (χ2v) is 5.57. The highest BCUT2D eigenvalue weighted by Gasteiger charge is 2.20. The molecule has 86 valence electrons. The summed E-state index contributed by atoms with van der Waals surface area (Å²) < 4.78 is 0. The molecule has 1 fully saturated rings. The zero-order valence-electron chi connectivity index (χ0n) is 10.0. The molecule has 0 saturated heterocycles. The molecule has 2 atom stereocenters. The van der Waals surface area contributed by atoms with E-state index >= 15 is 0 Å². The van der Waals surface area contributed by atoms with E-state index in [1.807, 2.05) is 0 Å². The molecular weight excluding hydrogens is 216 g/mol. The molecular formula is C15H19Cl. The molecule has 0 unspecified atom stereocenters. The van der Waals surface area contributed by atoms with Crippen LogP contribution >= 0.6 is 11.6 Å². The van der Waals surface area contributed by atoms with Gasteiger partial charge >= 0.3 is 0 Å². The topological polar surface area (TPSA) is 0 Å². The van der Waals surface area contributed by atoms with E-state index in [0.29, 0.717) is 11.3 Å². The molecule has 2 rings (SSSR count). The minimum Gasteiger partial charge on any atom is -0.123 e. The minimum absolute atomic E-state index is 0.397. The number of hydrogen-bond donors (Lipinski definition) is 0. The second-order valence-electron chi connectivity index (χ2n) is 4.95. The molecule has 0 radical (unpaired) electrons. The van der Waals surface area contributed by atoms with E-state index in [0.717, 1.165) is 6.42 Å². The fourth-order valence-corrected chi connectivity index (χ4v) is 2.84. The molecule has 0 aromatic heterocycles. The second kappa shape index (κ2) is 5.05. The standard InChI is InChI=1S/C15H19Cl/c1-11-7-12(2)9-14(8-11)4-3-13-5-6-15(16)10-13/h3-4,7-9,13,15H,5-6,10H2,1-2H3/b4-3+/t13-,15+/m0/s1. The summed E-state index contributed by atoms with van der Waals surface area (Å²) in [6.45, 7) is 4.30. The van der Waals surface area contributed by atoms with E-state index in [-0.39, 0.29) is 0 Å². The maximum Gasteiger partial charge on any atom is 0.0341 e. The Hall–Kier alpha value is -0.750. The molecule has 0 heterocycles. The lowest BCUT2D eigenvalue weighted by Gasteiger charge is -2.03. The van der Waals surface area contributed by atoms with Gasteiger partial charge in [0.25, 0.3) is 0 Å². The predicted octanol–water partition coefficient (Wildman–Crippen LogP) is 4.72. The highest BCUT2D eigenvalue weighted by Crippen LogP contribution is 2.30. The van der Waals surface area contributed by atoms with Crippen molar-refractivity contribution in [1.29, 1.82) is 0 Å². The summed E-state index contributed by atoms with van der Waals surface area (Å²) >= 11 is 6.11.